The predicted octanol–water partition coefficient (Wildman–Crippen LogP) is 2.90. The molecule has 3 aromatic rings. The summed E-state index contributed by atoms with van der Waals surface area (Å²) in [6.45, 7) is -0.850. The lowest BCUT2D eigenvalue weighted by Gasteiger charge is -2.61. The number of nitrogens with one attached hydrogen (secondary N) is 3. The lowest BCUT2D eigenvalue weighted by atomic mass is 9.50. The van der Waals surface area contributed by atoms with Gasteiger partial charge in [0.1, 0.15) is 11.6 Å². The van der Waals surface area contributed by atoms with Crippen LogP contribution < -0.4 is 15.4 Å². The molecular formula is C21H22F3N7O4. The lowest BCUT2D eigenvalue weighted by molar-refractivity contribution is -0.0528. The molecule has 35 heavy (non-hydrogen) atoms. The molecule has 0 aromatic carbocycles. The van der Waals surface area contributed by atoms with Crippen LogP contribution in [0.25, 0.3) is 5.52 Å². The van der Waals surface area contributed by atoms with Crippen LogP contribution in [0.3, 0.4) is 0 Å². The van der Waals surface area contributed by atoms with E-state index in [-0.39, 0.29) is 18.0 Å². The summed E-state index contributed by atoms with van der Waals surface area (Å²) in [5.74, 6) is 1.37. The number of carbonyl (C=O) groups excluding carboxylic acids is 1. The fourth-order valence-electron chi connectivity index (χ4n) is 4.84. The first kappa shape index (κ1) is 21.9. The number of nitrogens with zero attached hydrogens (tertiary/aromatic N) is 4. The molecule has 3 aromatic heterocycles. The third kappa shape index (κ3) is 4.11. The zero-order valence-electron chi connectivity index (χ0n) is 18.3. The summed E-state index contributed by atoms with van der Waals surface area (Å²) in [5.41, 5.74) is 0.663. The Hall–Kier alpha value is -3.55. The summed E-state index contributed by atoms with van der Waals surface area (Å²) in [6, 6.07) is 3.01. The molecule has 3 aliphatic carbocycles. The van der Waals surface area contributed by atoms with Crippen molar-refractivity contribution < 1.29 is 32.2 Å². The van der Waals surface area contributed by atoms with Crippen molar-refractivity contribution in [2.45, 2.75) is 49.6 Å². The average Bonchev–Trinajstić information content (AvgIpc) is 3.48. The molecule has 11 nitrogen and oxygen atoms in total. The highest BCUT2D eigenvalue weighted by molar-refractivity contribution is 5.73. The summed E-state index contributed by atoms with van der Waals surface area (Å²) in [6.07, 6.45) is -0.956. The Kier molecular flexibility index (Phi) is 5.20. The molecule has 14 heteroatoms. The molecule has 3 saturated carbocycles. The number of carbonyl (C=O) groups is 1. The SMILES string of the molecule is O=C(NC12CC(C1)C2)O[C@@H]1CO[C@H](c2cc(Nc3nccn4nc(OCC(F)F)cc34)n[nH]2)[C@@H]1F. The van der Waals surface area contributed by atoms with Crippen molar-refractivity contribution in [1.29, 1.82) is 0 Å². The first-order chi connectivity index (χ1) is 16.9. The Bertz CT molecular complexity index is 1230. The highest BCUT2D eigenvalue weighted by atomic mass is 19.3. The van der Waals surface area contributed by atoms with Gasteiger partial charge >= 0.3 is 6.09 Å². The zero-order valence-corrected chi connectivity index (χ0v) is 18.3. The van der Waals surface area contributed by atoms with Crippen LogP contribution in [0.2, 0.25) is 0 Å². The van der Waals surface area contributed by atoms with E-state index in [1.54, 1.807) is 6.07 Å². The van der Waals surface area contributed by atoms with Crippen LogP contribution in [0.15, 0.2) is 24.5 Å². The molecule has 7 rings (SSSR count). The van der Waals surface area contributed by atoms with Crippen molar-refractivity contribution in [2.24, 2.45) is 5.92 Å². The Morgan fingerprint density at radius 3 is 2.91 bits per heavy atom. The molecule has 4 heterocycles. The third-order valence-electron chi connectivity index (χ3n) is 6.62. The zero-order chi connectivity index (χ0) is 24.2. The molecule has 4 aliphatic rings. The Morgan fingerprint density at radius 2 is 2.17 bits per heavy atom. The number of fused-ring (bicyclic) bond motifs is 1. The van der Waals surface area contributed by atoms with E-state index in [2.05, 4.69) is 30.9 Å². The largest absolute Gasteiger partial charge is 0.471 e. The maximum Gasteiger partial charge on any atom is 0.408 e. The molecule has 1 aliphatic heterocycles. The van der Waals surface area contributed by atoms with Crippen LogP contribution in [-0.4, -0.2) is 68.3 Å². The van der Waals surface area contributed by atoms with Crippen molar-refractivity contribution in [3.63, 3.8) is 0 Å². The molecule has 186 valence electrons. The second-order valence-corrected chi connectivity index (χ2v) is 9.15. The number of alkyl carbamates (subject to hydrolysis) is 1. The summed E-state index contributed by atoms with van der Waals surface area (Å²) < 4.78 is 57.0. The van der Waals surface area contributed by atoms with Crippen LogP contribution in [0.4, 0.5) is 29.6 Å². The predicted molar refractivity (Wildman–Crippen MR) is 113 cm³/mol. The van der Waals surface area contributed by atoms with Crippen molar-refractivity contribution in [1.82, 2.24) is 30.1 Å². The summed E-state index contributed by atoms with van der Waals surface area (Å²) in [5, 5.41) is 16.7. The highest BCUT2D eigenvalue weighted by Gasteiger charge is 2.58. The molecule has 1 saturated heterocycles. The van der Waals surface area contributed by atoms with Gasteiger partial charge in [-0.3, -0.25) is 5.10 Å². The van der Waals surface area contributed by atoms with E-state index < -0.39 is 37.5 Å². The topological polar surface area (TPSA) is 128 Å². The number of H-pyrrole nitrogens is 1. The van der Waals surface area contributed by atoms with Gasteiger partial charge in [0.25, 0.3) is 6.43 Å². The summed E-state index contributed by atoms with van der Waals surface area (Å²) in [7, 11) is 0. The maximum atomic E-state index is 15.0. The number of halogens is 3. The van der Waals surface area contributed by atoms with Gasteiger partial charge in [-0.1, -0.05) is 0 Å². The number of alkyl halides is 3. The number of amides is 1. The first-order valence-corrected chi connectivity index (χ1v) is 11.2. The minimum atomic E-state index is -2.62. The number of hydrogen-bond acceptors (Lipinski definition) is 8. The van der Waals surface area contributed by atoms with Gasteiger partial charge in [-0.05, 0) is 25.2 Å². The van der Waals surface area contributed by atoms with Crippen LogP contribution in [-0.2, 0) is 9.47 Å². The number of hydrogen-bond donors (Lipinski definition) is 3. The lowest BCUT2D eigenvalue weighted by Crippen LogP contribution is -2.68. The van der Waals surface area contributed by atoms with Gasteiger partial charge in [0.05, 0.1) is 12.3 Å². The fourth-order valence-corrected chi connectivity index (χ4v) is 4.84. The molecule has 0 unspecified atom stereocenters. The Labute approximate surface area is 196 Å². The Balaban J connectivity index is 1.09. The monoisotopic (exact) mass is 493 g/mol. The molecule has 1 amide bonds. The molecule has 3 N–H and O–H groups in total. The van der Waals surface area contributed by atoms with E-state index in [9.17, 15) is 13.6 Å². The third-order valence-corrected chi connectivity index (χ3v) is 6.62. The van der Waals surface area contributed by atoms with Crippen LogP contribution in [0.1, 0.15) is 31.1 Å². The second kappa shape index (κ2) is 8.29. The van der Waals surface area contributed by atoms with Crippen molar-refractivity contribution in [3.05, 3.63) is 30.2 Å². The van der Waals surface area contributed by atoms with Gasteiger partial charge in [-0.15, -0.1) is 5.10 Å². The van der Waals surface area contributed by atoms with Crippen LogP contribution >= 0.6 is 0 Å². The number of ether oxygens (including phenoxy) is 3. The summed E-state index contributed by atoms with van der Waals surface area (Å²) in [4.78, 5) is 16.4. The fraction of sp³-hybridized carbons (Fsp3) is 0.524. The van der Waals surface area contributed by atoms with E-state index in [0.717, 1.165) is 19.3 Å². The van der Waals surface area contributed by atoms with E-state index in [0.29, 0.717) is 28.8 Å². The van der Waals surface area contributed by atoms with Gasteiger partial charge < -0.3 is 24.8 Å². The number of aromatic nitrogens is 5. The first-order valence-electron chi connectivity index (χ1n) is 11.2. The van der Waals surface area contributed by atoms with Crippen molar-refractivity contribution in [3.8, 4) is 5.88 Å². The number of anilines is 2. The van der Waals surface area contributed by atoms with Crippen molar-refractivity contribution in [2.75, 3.05) is 18.5 Å². The normalized spacial score (nSPS) is 29.0. The summed E-state index contributed by atoms with van der Waals surface area (Å²) >= 11 is 0. The van der Waals surface area contributed by atoms with Gasteiger partial charge in [0.2, 0.25) is 5.88 Å². The van der Waals surface area contributed by atoms with Crippen LogP contribution in [0.5, 0.6) is 5.88 Å². The Morgan fingerprint density at radius 1 is 1.34 bits per heavy atom. The van der Waals surface area contributed by atoms with Gasteiger partial charge in [0, 0.05) is 30.1 Å². The molecule has 4 fully saturated rings. The maximum absolute atomic E-state index is 15.0. The molecule has 3 atom stereocenters. The minimum Gasteiger partial charge on any atom is -0.471 e. The number of rotatable bonds is 8. The molecular weight excluding hydrogens is 471 g/mol. The van der Waals surface area contributed by atoms with E-state index in [4.69, 9.17) is 14.2 Å². The van der Waals surface area contributed by atoms with Crippen molar-refractivity contribution >= 4 is 23.2 Å². The smallest absolute Gasteiger partial charge is 0.408 e. The van der Waals surface area contributed by atoms with E-state index in [1.165, 1.54) is 23.0 Å². The average molecular weight is 493 g/mol. The molecule has 0 spiro atoms. The second-order valence-electron chi connectivity index (χ2n) is 9.15. The van der Waals surface area contributed by atoms with Crippen LogP contribution in [0, 0.1) is 5.92 Å². The standard InChI is InChI=1S/C21H22F3N7O4/c22-14(23)9-33-16-4-12-19(25-1-2-31(12)30-16)26-15-3-11(28-29-15)18-17(24)13(8-34-18)35-20(32)27-21-5-10(6-21)7-21/h1-4,10,13-14,17-18H,5-9H2,(H,27,32)(H2,25,26,28,29)/t10?,13-,17-,18-,21?/m1/s1. The van der Waals surface area contributed by atoms with Gasteiger partial charge in [0.15, 0.2) is 30.5 Å². The van der Waals surface area contributed by atoms with E-state index in [1.807, 2.05) is 0 Å². The highest BCUT2D eigenvalue weighted by Crippen LogP contribution is 2.57. The minimum absolute atomic E-state index is 0.0211. The van der Waals surface area contributed by atoms with Gasteiger partial charge in [-0.25, -0.2) is 27.5 Å². The molecule has 2 bridgehead atoms. The molecule has 0 radical (unpaired) electrons. The quantitative estimate of drug-likeness (QED) is 0.437. The van der Waals surface area contributed by atoms with E-state index >= 15 is 4.39 Å². The van der Waals surface area contributed by atoms with Gasteiger partial charge in [-0.2, -0.15) is 5.10 Å². The number of aromatic amines is 1.